The van der Waals surface area contributed by atoms with Crippen LogP contribution in [-0.2, 0) is 9.47 Å². The molecule has 4 heterocycles. The van der Waals surface area contributed by atoms with Crippen LogP contribution in [0.3, 0.4) is 0 Å². The fourth-order valence-electron chi connectivity index (χ4n) is 3.68. The number of pyridine rings is 1. The molecular formula is C18H25N3O4S. The van der Waals surface area contributed by atoms with E-state index in [1.807, 2.05) is 30.8 Å². The third-order valence-corrected chi connectivity index (χ3v) is 6.17. The Morgan fingerprint density at radius 3 is 2.85 bits per heavy atom. The molecule has 3 saturated heterocycles. The number of nitrogens with zero attached hydrogens (tertiary/aromatic N) is 1. The van der Waals surface area contributed by atoms with Crippen LogP contribution in [0.25, 0.3) is 0 Å². The summed E-state index contributed by atoms with van der Waals surface area (Å²) in [5.74, 6) is 2.96. The van der Waals surface area contributed by atoms with Gasteiger partial charge in [-0.2, -0.15) is 11.8 Å². The standard InChI is InChI=1S/C18H25N3O4S/c1-11-14(3-2-6-19-11)25-15-10-24-16-13(9-23-17(15)16)21-18(22)20-12-4-7-26-8-5-12/h2-3,6,12-13,15-17H,4-5,7-10H2,1H3,(H2,20,21,22)/t13-,15-,16+,17+/m0/s1. The molecule has 0 saturated carbocycles. The molecule has 4 rings (SSSR count). The zero-order chi connectivity index (χ0) is 17.9. The van der Waals surface area contributed by atoms with Crippen LogP contribution in [0.15, 0.2) is 18.3 Å². The van der Waals surface area contributed by atoms with Crippen molar-refractivity contribution in [1.29, 1.82) is 0 Å². The van der Waals surface area contributed by atoms with E-state index in [9.17, 15) is 4.79 Å². The molecule has 3 aliphatic rings. The summed E-state index contributed by atoms with van der Waals surface area (Å²) in [6.45, 7) is 2.80. The molecule has 0 unspecified atom stereocenters. The predicted molar refractivity (Wildman–Crippen MR) is 98.7 cm³/mol. The average molecular weight is 379 g/mol. The van der Waals surface area contributed by atoms with Gasteiger partial charge in [-0.15, -0.1) is 0 Å². The number of hydrogen-bond donors (Lipinski definition) is 2. The zero-order valence-corrected chi connectivity index (χ0v) is 15.7. The van der Waals surface area contributed by atoms with Gasteiger partial charge < -0.3 is 24.8 Å². The Morgan fingerprint density at radius 1 is 1.23 bits per heavy atom. The third-order valence-electron chi connectivity index (χ3n) is 5.12. The van der Waals surface area contributed by atoms with Crippen molar-refractivity contribution >= 4 is 17.8 Å². The van der Waals surface area contributed by atoms with Crippen molar-refractivity contribution in [3.05, 3.63) is 24.0 Å². The minimum atomic E-state index is -0.187. The fourth-order valence-corrected chi connectivity index (χ4v) is 4.79. The van der Waals surface area contributed by atoms with E-state index in [-0.39, 0.29) is 36.4 Å². The summed E-state index contributed by atoms with van der Waals surface area (Å²) >= 11 is 1.94. The number of carbonyl (C=O) groups is 1. The summed E-state index contributed by atoms with van der Waals surface area (Å²) in [6.07, 6.45) is 3.26. The third kappa shape index (κ3) is 3.92. The van der Waals surface area contributed by atoms with E-state index >= 15 is 0 Å². The maximum atomic E-state index is 12.3. The summed E-state index contributed by atoms with van der Waals surface area (Å²) in [7, 11) is 0. The topological polar surface area (TPSA) is 81.7 Å². The van der Waals surface area contributed by atoms with Crippen LogP contribution < -0.4 is 15.4 Å². The first-order valence-corrected chi connectivity index (χ1v) is 10.3. The van der Waals surface area contributed by atoms with Crippen LogP contribution in [-0.4, -0.2) is 66.1 Å². The van der Waals surface area contributed by atoms with E-state index < -0.39 is 0 Å². The second kappa shape index (κ2) is 8.02. The van der Waals surface area contributed by atoms with E-state index in [0.29, 0.717) is 13.2 Å². The molecule has 7 nitrogen and oxygen atoms in total. The molecule has 3 fully saturated rings. The second-order valence-corrected chi connectivity index (χ2v) is 8.17. The van der Waals surface area contributed by atoms with Crippen LogP contribution >= 0.6 is 11.8 Å². The van der Waals surface area contributed by atoms with Gasteiger partial charge in [-0.3, -0.25) is 4.98 Å². The number of nitrogens with one attached hydrogen (secondary N) is 2. The van der Waals surface area contributed by atoms with Crippen LogP contribution in [0.4, 0.5) is 4.79 Å². The maximum Gasteiger partial charge on any atom is 0.315 e. The van der Waals surface area contributed by atoms with Crippen LogP contribution in [0, 0.1) is 6.92 Å². The smallest absolute Gasteiger partial charge is 0.315 e. The van der Waals surface area contributed by atoms with Crippen molar-refractivity contribution in [2.75, 3.05) is 24.7 Å². The number of thioether (sulfide) groups is 1. The van der Waals surface area contributed by atoms with Gasteiger partial charge in [0.1, 0.15) is 18.0 Å². The summed E-state index contributed by atoms with van der Waals surface area (Å²) in [5, 5.41) is 6.09. The molecule has 2 N–H and O–H groups in total. The van der Waals surface area contributed by atoms with Crippen molar-refractivity contribution in [2.24, 2.45) is 0 Å². The van der Waals surface area contributed by atoms with Crippen molar-refractivity contribution < 1.29 is 19.0 Å². The largest absolute Gasteiger partial charge is 0.483 e. The van der Waals surface area contributed by atoms with E-state index in [2.05, 4.69) is 15.6 Å². The molecule has 142 valence electrons. The number of urea groups is 1. The van der Waals surface area contributed by atoms with Gasteiger partial charge in [0.05, 0.1) is 24.9 Å². The van der Waals surface area contributed by atoms with Crippen LogP contribution in [0.2, 0.25) is 0 Å². The van der Waals surface area contributed by atoms with Crippen molar-refractivity contribution in [3.8, 4) is 5.75 Å². The number of ether oxygens (including phenoxy) is 3. The summed E-state index contributed by atoms with van der Waals surface area (Å²) < 4.78 is 17.8. The Balaban J connectivity index is 1.30. The van der Waals surface area contributed by atoms with Gasteiger partial charge in [0.2, 0.25) is 0 Å². The van der Waals surface area contributed by atoms with Gasteiger partial charge in [-0.25, -0.2) is 4.79 Å². The summed E-state index contributed by atoms with van der Waals surface area (Å²) in [6, 6.07) is 3.73. The molecule has 0 bridgehead atoms. The lowest BCUT2D eigenvalue weighted by atomic mass is 10.1. The lowest BCUT2D eigenvalue weighted by Crippen LogP contribution is -2.51. The Kier molecular flexibility index (Phi) is 5.52. The maximum absolute atomic E-state index is 12.3. The molecule has 0 radical (unpaired) electrons. The molecule has 2 amide bonds. The van der Waals surface area contributed by atoms with Crippen molar-refractivity contribution in [3.63, 3.8) is 0 Å². The molecule has 8 heteroatoms. The number of aromatic nitrogens is 1. The highest BCUT2D eigenvalue weighted by Gasteiger charge is 2.49. The number of hydrogen-bond acceptors (Lipinski definition) is 6. The summed E-state index contributed by atoms with van der Waals surface area (Å²) in [4.78, 5) is 16.5. The molecule has 4 atom stereocenters. The Morgan fingerprint density at radius 2 is 2.04 bits per heavy atom. The highest BCUT2D eigenvalue weighted by molar-refractivity contribution is 7.99. The van der Waals surface area contributed by atoms with E-state index in [4.69, 9.17) is 14.2 Å². The first kappa shape index (κ1) is 17.9. The number of carbonyl (C=O) groups excluding carboxylic acids is 1. The highest BCUT2D eigenvalue weighted by Crippen LogP contribution is 2.30. The molecule has 1 aromatic rings. The van der Waals surface area contributed by atoms with Crippen molar-refractivity contribution in [1.82, 2.24) is 15.6 Å². The summed E-state index contributed by atoms with van der Waals surface area (Å²) in [5.41, 5.74) is 0.841. The normalized spacial score (nSPS) is 31.4. The Hall–Kier alpha value is -1.51. The fraction of sp³-hybridized carbons (Fsp3) is 0.667. The number of fused-ring (bicyclic) bond motifs is 1. The van der Waals surface area contributed by atoms with Gasteiger partial charge >= 0.3 is 6.03 Å². The van der Waals surface area contributed by atoms with Gasteiger partial charge in [0, 0.05) is 12.2 Å². The van der Waals surface area contributed by atoms with Crippen LogP contribution in [0.1, 0.15) is 18.5 Å². The quantitative estimate of drug-likeness (QED) is 0.825. The van der Waals surface area contributed by atoms with E-state index in [0.717, 1.165) is 35.8 Å². The van der Waals surface area contributed by atoms with Gasteiger partial charge in [-0.1, -0.05) is 0 Å². The van der Waals surface area contributed by atoms with E-state index in [1.165, 1.54) is 0 Å². The van der Waals surface area contributed by atoms with Crippen LogP contribution in [0.5, 0.6) is 5.75 Å². The molecule has 26 heavy (non-hydrogen) atoms. The first-order chi connectivity index (χ1) is 12.7. The molecular weight excluding hydrogens is 354 g/mol. The number of amides is 2. The Bertz CT molecular complexity index is 641. The lowest BCUT2D eigenvalue weighted by Gasteiger charge is -2.24. The molecule has 3 aliphatic heterocycles. The first-order valence-electron chi connectivity index (χ1n) is 9.17. The molecule has 0 aliphatic carbocycles. The van der Waals surface area contributed by atoms with Gasteiger partial charge in [-0.05, 0) is 43.4 Å². The Labute approximate surface area is 157 Å². The number of rotatable bonds is 4. The van der Waals surface area contributed by atoms with E-state index in [1.54, 1.807) is 6.20 Å². The SMILES string of the molecule is Cc1ncccc1O[C@H]1CO[C@H]2[C@@H]1OC[C@@H]2NC(=O)NC1CCSCC1. The predicted octanol–water partition coefficient (Wildman–Crippen LogP) is 1.50. The minimum absolute atomic E-state index is 0.132. The molecule has 1 aromatic heterocycles. The monoisotopic (exact) mass is 379 g/mol. The van der Waals surface area contributed by atoms with Gasteiger partial charge in [0.25, 0.3) is 0 Å². The lowest BCUT2D eigenvalue weighted by molar-refractivity contribution is 0.0299. The molecule has 0 aromatic carbocycles. The zero-order valence-electron chi connectivity index (χ0n) is 14.8. The van der Waals surface area contributed by atoms with Gasteiger partial charge in [0.15, 0.2) is 6.10 Å². The van der Waals surface area contributed by atoms with Crippen molar-refractivity contribution in [2.45, 2.75) is 50.2 Å². The second-order valence-electron chi connectivity index (χ2n) is 6.95. The molecule has 0 spiro atoms. The minimum Gasteiger partial charge on any atom is -0.483 e. The highest BCUT2D eigenvalue weighted by atomic mass is 32.2. The number of aryl methyl sites for hydroxylation is 1. The average Bonchev–Trinajstić information content (AvgIpc) is 3.21.